The first kappa shape index (κ1) is 12.2. The number of halogens is 3. The van der Waals surface area contributed by atoms with E-state index in [0.717, 1.165) is 5.56 Å². The van der Waals surface area contributed by atoms with Crippen LogP contribution in [0.5, 0.6) is 5.75 Å². The monoisotopic (exact) mass is 275 g/mol. The van der Waals surface area contributed by atoms with Gasteiger partial charge in [0.05, 0.1) is 4.47 Å². The highest BCUT2D eigenvalue weighted by atomic mass is 79.9. The van der Waals surface area contributed by atoms with E-state index in [9.17, 15) is 8.78 Å². The molecule has 0 saturated heterocycles. The largest absolute Gasteiger partial charge is 0.434 e. The molecule has 0 spiro atoms. The van der Waals surface area contributed by atoms with Gasteiger partial charge in [-0.15, -0.1) is 6.58 Å². The summed E-state index contributed by atoms with van der Waals surface area (Å²) in [7, 11) is 0. The molecule has 1 nitrogen and oxygen atoms in total. The van der Waals surface area contributed by atoms with E-state index >= 15 is 0 Å². The Bertz CT molecular complexity index is 352. The standard InChI is InChI=1S/C11H10BrF2O/c1-3-7(2)8-5-4-6-9(10(8)12)15-11(13)14/h3-7,11H,1-2H2. The Morgan fingerprint density at radius 3 is 2.60 bits per heavy atom. The van der Waals surface area contributed by atoms with Gasteiger partial charge in [0.25, 0.3) is 0 Å². The fraction of sp³-hybridized carbons (Fsp3) is 0.182. The molecule has 1 radical (unpaired) electrons. The summed E-state index contributed by atoms with van der Waals surface area (Å²) in [6, 6.07) is 4.89. The second-order valence-corrected chi connectivity index (χ2v) is 3.67. The average Bonchev–Trinajstić information content (AvgIpc) is 2.19. The maximum atomic E-state index is 12.0. The molecular formula is C11H10BrF2O. The number of alkyl halides is 2. The lowest BCUT2D eigenvalue weighted by Gasteiger charge is -2.13. The fourth-order valence-corrected chi connectivity index (χ4v) is 1.78. The molecule has 0 saturated carbocycles. The van der Waals surface area contributed by atoms with E-state index < -0.39 is 6.61 Å². The lowest BCUT2D eigenvalue weighted by atomic mass is 10.0. The molecular weight excluding hydrogens is 266 g/mol. The van der Waals surface area contributed by atoms with Gasteiger partial charge in [-0.1, -0.05) is 18.2 Å². The van der Waals surface area contributed by atoms with Gasteiger partial charge >= 0.3 is 6.61 Å². The Morgan fingerprint density at radius 2 is 2.07 bits per heavy atom. The fourth-order valence-electron chi connectivity index (χ4n) is 1.13. The molecule has 1 aromatic rings. The number of allylic oxidation sites excluding steroid dienone is 1. The van der Waals surface area contributed by atoms with Crippen LogP contribution < -0.4 is 4.74 Å². The van der Waals surface area contributed by atoms with E-state index in [1.54, 1.807) is 18.2 Å². The first-order valence-electron chi connectivity index (χ1n) is 4.25. The van der Waals surface area contributed by atoms with E-state index in [-0.39, 0.29) is 11.7 Å². The van der Waals surface area contributed by atoms with Gasteiger partial charge in [0.1, 0.15) is 5.75 Å². The van der Waals surface area contributed by atoms with Gasteiger partial charge in [-0.3, -0.25) is 0 Å². The minimum Gasteiger partial charge on any atom is -0.434 e. The van der Waals surface area contributed by atoms with Crippen molar-refractivity contribution in [3.8, 4) is 5.75 Å². The van der Waals surface area contributed by atoms with Crippen molar-refractivity contribution in [2.75, 3.05) is 0 Å². The molecule has 15 heavy (non-hydrogen) atoms. The van der Waals surface area contributed by atoms with Crippen molar-refractivity contribution in [3.05, 3.63) is 47.8 Å². The van der Waals surface area contributed by atoms with Gasteiger partial charge in [0.2, 0.25) is 0 Å². The van der Waals surface area contributed by atoms with Crippen LogP contribution in [0.25, 0.3) is 0 Å². The van der Waals surface area contributed by atoms with Crippen molar-refractivity contribution in [1.82, 2.24) is 0 Å². The molecule has 0 aliphatic carbocycles. The summed E-state index contributed by atoms with van der Waals surface area (Å²) >= 11 is 3.21. The highest BCUT2D eigenvalue weighted by Gasteiger charge is 2.13. The van der Waals surface area contributed by atoms with E-state index in [0.29, 0.717) is 4.47 Å². The van der Waals surface area contributed by atoms with Gasteiger partial charge < -0.3 is 4.74 Å². The van der Waals surface area contributed by atoms with Crippen molar-refractivity contribution in [1.29, 1.82) is 0 Å². The number of ether oxygens (including phenoxy) is 1. The van der Waals surface area contributed by atoms with E-state index in [2.05, 4.69) is 34.2 Å². The van der Waals surface area contributed by atoms with Crippen LogP contribution in [0.3, 0.4) is 0 Å². The van der Waals surface area contributed by atoms with Gasteiger partial charge in [-0.25, -0.2) is 0 Å². The van der Waals surface area contributed by atoms with Crippen LogP contribution in [-0.2, 0) is 0 Å². The van der Waals surface area contributed by atoms with Crippen molar-refractivity contribution >= 4 is 15.9 Å². The number of hydrogen-bond donors (Lipinski definition) is 0. The highest BCUT2D eigenvalue weighted by molar-refractivity contribution is 9.10. The van der Waals surface area contributed by atoms with Gasteiger partial charge in [0, 0.05) is 5.92 Å². The minimum atomic E-state index is -2.83. The maximum absolute atomic E-state index is 12.0. The minimum absolute atomic E-state index is 0.109. The zero-order valence-electron chi connectivity index (χ0n) is 7.92. The number of rotatable bonds is 4. The molecule has 0 aliphatic heterocycles. The van der Waals surface area contributed by atoms with Crippen molar-refractivity contribution in [2.24, 2.45) is 0 Å². The molecule has 0 amide bonds. The van der Waals surface area contributed by atoms with Crippen molar-refractivity contribution < 1.29 is 13.5 Å². The smallest absolute Gasteiger partial charge is 0.387 e. The predicted molar refractivity (Wildman–Crippen MR) is 59.1 cm³/mol. The molecule has 1 aromatic carbocycles. The first-order valence-corrected chi connectivity index (χ1v) is 5.04. The Kier molecular flexibility index (Phi) is 4.27. The number of hydrogen-bond acceptors (Lipinski definition) is 1. The molecule has 1 unspecified atom stereocenters. The Morgan fingerprint density at radius 1 is 1.40 bits per heavy atom. The lowest BCUT2D eigenvalue weighted by Crippen LogP contribution is -2.03. The van der Waals surface area contributed by atoms with E-state index in [1.165, 1.54) is 6.07 Å². The van der Waals surface area contributed by atoms with Gasteiger partial charge in [-0.2, -0.15) is 8.78 Å². The highest BCUT2D eigenvalue weighted by Crippen LogP contribution is 2.34. The van der Waals surface area contributed by atoms with Crippen molar-refractivity contribution in [3.63, 3.8) is 0 Å². The van der Waals surface area contributed by atoms with Crippen LogP contribution >= 0.6 is 15.9 Å². The third-order valence-corrected chi connectivity index (χ3v) is 2.74. The van der Waals surface area contributed by atoms with Crippen LogP contribution in [0.4, 0.5) is 8.78 Å². The molecule has 0 N–H and O–H groups in total. The van der Waals surface area contributed by atoms with Crippen LogP contribution in [0.1, 0.15) is 11.5 Å². The zero-order chi connectivity index (χ0) is 11.4. The Balaban J connectivity index is 3.05. The topological polar surface area (TPSA) is 9.23 Å². The van der Waals surface area contributed by atoms with E-state index in [4.69, 9.17) is 0 Å². The summed E-state index contributed by atoms with van der Waals surface area (Å²) in [6.45, 7) is 4.58. The molecule has 0 aliphatic rings. The SMILES string of the molecule is [CH2]C(C=C)c1cccc(OC(F)F)c1Br. The molecule has 1 atom stereocenters. The van der Waals surface area contributed by atoms with Crippen LogP contribution in [-0.4, -0.2) is 6.61 Å². The first-order chi connectivity index (χ1) is 7.06. The van der Waals surface area contributed by atoms with Crippen LogP contribution in [0, 0.1) is 6.92 Å². The van der Waals surface area contributed by atoms with E-state index in [1.807, 2.05) is 0 Å². The van der Waals surface area contributed by atoms with Crippen molar-refractivity contribution in [2.45, 2.75) is 12.5 Å². The maximum Gasteiger partial charge on any atom is 0.387 e. The summed E-state index contributed by atoms with van der Waals surface area (Å²) in [5.74, 6) is -0.0569. The summed E-state index contributed by atoms with van der Waals surface area (Å²) < 4.78 is 28.9. The zero-order valence-corrected chi connectivity index (χ0v) is 9.51. The van der Waals surface area contributed by atoms with Gasteiger partial charge in [-0.05, 0) is 34.5 Å². The second-order valence-electron chi connectivity index (χ2n) is 2.88. The van der Waals surface area contributed by atoms with Crippen LogP contribution in [0.2, 0.25) is 0 Å². The van der Waals surface area contributed by atoms with Gasteiger partial charge in [0.15, 0.2) is 0 Å². The van der Waals surface area contributed by atoms with Crippen LogP contribution in [0.15, 0.2) is 35.3 Å². The molecule has 0 heterocycles. The second kappa shape index (κ2) is 5.26. The Labute approximate surface area is 95.9 Å². The lowest BCUT2D eigenvalue weighted by molar-refractivity contribution is -0.0504. The molecule has 1 rings (SSSR count). The average molecular weight is 276 g/mol. The third-order valence-electron chi connectivity index (χ3n) is 1.89. The molecule has 81 valence electrons. The molecule has 0 fully saturated rings. The molecule has 0 aromatic heterocycles. The summed E-state index contributed by atoms with van der Waals surface area (Å²) in [4.78, 5) is 0. The molecule has 4 heteroatoms. The number of benzene rings is 1. The summed E-state index contributed by atoms with van der Waals surface area (Å²) in [5.41, 5.74) is 0.767. The quantitative estimate of drug-likeness (QED) is 0.750. The normalized spacial score (nSPS) is 12.6. The predicted octanol–water partition coefficient (Wildman–Crippen LogP) is 4.15. The summed E-state index contributed by atoms with van der Waals surface area (Å²) in [6.07, 6.45) is 1.63. The summed E-state index contributed by atoms with van der Waals surface area (Å²) in [5, 5.41) is 0. The molecule has 0 bridgehead atoms. The third kappa shape index (κ3) is 3.02. The Hall–Kier alpha value is -0.900.